The Balaban J connectivity index is 3.64. The molecule has 0 radical (unpaired) electrons. The Morgan fingerprint density at radius 3 is 2.53 bits per heavy atom. The van der Waals surface area contributed by atoms with Gasteiger partial charge in [0.25, 0.3) is 0 Å². The number of carboxylic acids is 1. The third-order valence-corrected chi connectivity index (χ3v) is 2.44. The Morgan fingerprint density at radius 1 is 1.47 bits per heavy atom. The molecule has 0 aliphatic rings. The van der Waals surface area contributed by atoms with Gasteiger partial charge in [-0.15, -0.1) is 0 Å². The molecule has 0 rings (SSSR count). The van der Waals surface area contributed by atoms with Crippen molar-refractivity contribution in [1.29, 1.82) is 0 Å². The van der Waals surface area contributed by atoms with Crippen molar-refractivity contribution in [1.82, 2.24) is 5.32 Å². The summed E-state index contributed by atoms with van der Waals surface area (Å²) in [5.41, 5.74) is 0.0546. The average molecular weight is 234 g/mol. The van der Waals surface area contributed by atoms with E-state index in [1.807, 2.05) is 0 Å². The number of rotatable bonds is 8. The van der Waals surface area contributed by atoms with Gasteiger partial charge in [-0.2, -0.15) is 0 Å². The predicted octanol–water partition coefficient (Wildman–Crippen LogP) is 2.61. The molecule has 15 heavy (non-hydrogen) atoms. The van der Waals surface area contributed by atoms with Crippen molar-refractivity contribution in [3.8, 4) is 0 Å². The molecule has 0 aromatic carbocycles. The molecule has 0 aliphatic heterocycles. The number of carbonyl (C=O) groups is 1. The molecule has 0 saturated heterocycles. The lowest BCUT2D eigenvalue weighted by atomic mass is 9.84. The fourth-order valence-electron chi connectivity index (χ4n) is 1.22. The molecule has 3 nitrogen and oxygen atoms in total. The predicted molar refractivity (Wildman–Crippen MR) is 63.1 cm³/mol. The Morgan fingerprint density at radius 2 is 2.07 bits per heavy atom. The van der Waals surface area contributed by atoms with Gasteiger partial charge in [-0.05, 0) is 24.8 Å². The van der Waals surface area contributed by atoms with Crippen molar-refractivity contribution >= 4 is 17.6 Å². The monoisotopic (exact) mass is 233 g/mol. The van der Waals surface area contributed by atoms with Gasteiger partial charge in [0.15, 0.2) is 0 Å². The summed E-state index contributed by atoms with van der Waals surface area (Å²) in [6, 6.07) is 0. The van der Waals surface area contributed by atoms with E-state index in [4.69, 9.17) is 16.7 Å². The van der Waals surface area contributed by atoms with Gasteiger partial charge >= 0.3 is 5.97 Å². The second kappa shape index (κ2) is 6.85. The molecule has 0 atom stereocenters. The van der Waals surface area contributed by atoms with E-state index in [1.165, 1.54) is 0 Å². The lowest BCUT2D eigenvalue weighted by molar-refractivity contribution is -0.137. The van der Waals surface area contributed by atoms with E-state index in [1.54, 1.807) is 0 Å². The maximum Gasteiger partial charge on any atom is 0.303 e. The highest BCUT2D eigenvalue weighted by Gasteiger charge is 2.18. The van der Waals surface area contributed by atoms with E-state index in [2.05, 4.69) is 25.7 Å². The molecule has 0 aromatic heterocycles. The van der Waals surface area contributed by atoms with Crippen molar-refractivity contribution in [2.24, 2.45) is 5.41 Å². The molecule has 0 saturated carbocycles. The Labute approximate surface area is 96.5 Å². The minimum Gasteiger partial charge on any atom is -0.481 e. The van der Waals surface area contributed by atoms with Gasteiger partial charge in [0.2, 0.25) is 0 Å². The highest BCUT2D eigenvalue weighted by molar-refractivity contribution is 6.29. The zero-order chi connectivity index (χ0) is 11.9. The van der Waals surface area contributed by atoms with Crippen LogP contribution in [-0.4, -0.2) is 24.2 Å². The highest BCUT2D eigenvalue weighted by Crippen LogP contribution is 2.25. The lowest BCUT2D eigenvalue weighted by Gasteiger charge is -2.23. The molecule has 0 heterocycles. The molecule has 0 unspecified atom stereocenters. The van der Waals surface area contributed by atoms with E-state index in [0.717, 1.165) is 13.0 Å². The summed E-state index contributed by atoms with van der Waals surface area (Å²) < 4.78 is 0. The first-order chi connectivity index (χ1) is 6.83. The quantitative estimate of drug-likeness (QED) is 0.634. The average Bonchev–Trinajstić information content (AvgIpc) is 2.09. The number of nitrogens with one attached hydrogen (secondary N) is 1. The topological polar surface area (TPSA) is 49.3 Å². The summed E-state index contributed by atoms with van der Waals surface area (Å²) >= 11 is 5.60. The van der Waals surface area contributed by atoms with Crippen LogP contribution in [0.5, 0.6) is 0 Å². The molecule has 0 bridgehead atoms. The van der Waals surface area contributed by atoms with E-state index in [0.29, 0.717) is 18.0 Å². The molecule has 88 valence electrons. The Hall–Kier alpha value is -0.540. The third-order valence-electron chi connectivity index (χ3n) is 2.31. The summed E-state index contributed by atoms with van der Waals surface area (Å²) in [5, 5.41) is 12.3. The van der Waals surface area contributed by atoms with Crippen molar-refractivity contribution in [2.45, 2.75) is 33.1 Å². The fraction of sp³-hybridized carbons (Fsp3) is 0.727. The zero-order valence-electron chi connectivity index (χ0n) is 9.48. The lowest BCUT2D eigenvalue weighted by Crippen LogP contribution is -2.23. The van der Waals surface area contributed by atoms with E-state index >= 15 is 0 Å². The van der Waals surface area contributed by atoms with Gasteiger partial charge < -0.3 is 10.4 Å². The largest absolute Gasteiger partial charge is 0.481 e. The zero-order valence-corrected chi connectivity index (χ0v) is 10.2. The summed E-state index contributed by atoms with van der Waals surface area (Å²) in [6.45, 7) is 9.17. The number of halogens is 1. The van der Waals surface area contributed by atoms with Gasteiger partial charge in [0, 0.05) is 18.0 Å². The van der Waals surface area contributed by atoms with E-state index in [9.17, 15) is 4.79 Å². The van der Waals surface area contributed by atoms with E-state index in [-0.39, 0.29) is 11.8 Å². The maximum absolute atomic E-state index is 10.4. The van der Waals surface area contributed by atoms with Crippen LogP contribution in [0.1, 0.15) is 33.1 Å². The van der Waals surface area contributed by atoms with Crippen molar-refractivity contribution in [3.63, 3.8) is 0 Å². The molecule has 0 aromatic rings. The van der Waals surface area contributed by atoms with Gasteiger partial charge in [-0.25, -0.2) is 0 Å². The molecule has 2 N–H and O–H groups in total. The smallest absolute Gasteiger partial charge is 0.303 e. The minimum atomic E-state index is -0.731. The van der Waals surface area contributed by atoms with Crippen LogP contribution >= 0.6 is 11.6 Å². The van der Waals surface area contributed by atoms with Crippen molar-refractivity contribution in [2.75, 3.05) is 13.1 Å². The van der Waals surface area contributed by atoms with Crippen molar-refractivity contribution in [3.05, 3.63) is 11.6 Å². The SMILES string of the molecule is C=C(Cl)CNCCC(C)(C)CCC(=O)O. The summed E-state index contributed by atoms with van der Waals surface area (Å²) in [4.78, 5) is 10.4. The van der Waals surface area contributed by atoms with Crippen molar-refractivity contribution < 1.29 is 9.90 Å². The Bertz CT molecular complexity index is 227. The number of hydrogen-bond acceptors (Lipinski definition) is 2. The van der Waals surface area contributed by atoms with Gasteiger partial charge in [0.05, 0.1) is 0 Å². The van der Waals surface area contributed by atoms with Crippen LogP contribution in [0.2, 0.25) is 0 Å². The molecule has 0 spiro atoms. The first-order valence-electron chi connectivity index (χ1n) is 5.09. The summed E-state index contributed by atoms with van der Waals surface area (Å²) in [5.74, 6) is -0.731. The molecular weight excluding hydrogens is 214 g/mol. The normalized spacial score (nSPS) is 11.4. The second-order valence-electron chi connectivity index (χ2n) is 4.50. The fourth-order valence-corrected chi connectivity index (χ4v) is 1.32. The standard InChI is InChI=1S/C11H20ClNO2/c1-9(12)8-13-7-6-11(2,3)5-4-10(14)15/h13H,1,4-8H2,2-3H3,(H,14,15). The number of aliphatic carboxylic acids is 1. The Kier molecular flexibility index (Phi) is 6.61. The second-order valence-corrected chi connectivity index (χ2v) is 5.04. The molecular formula is C11H20ClNO2. The van der Waals surface area contributed by atoms with Crippen LogP contribution < -0.4 is 5.32 Å². The van der Waals surface area contributed by atoms with Crippen LogP contribution in [0.4, 0.5) is 0 Å². The van der Waals surface area contributed by atoms with Gasteiger partial charge in [-0.3, -0.25) is 4.79 Å². The third kappa shape index (κ3) is 9.76. The van der Waals surface area contributed by atoms with Crippen LogP contribution in [0, 0.1) is 5.41 Å². The summed E-state index contributed by atoms with van der Waals surface area (Å²) in [7, 11) is 0. The molecule has 0 fully saturated rings. The molecule has 0 amide bonds. The molecule has 4 heteroatoms. The van der Waals surface area contributed by atoms with Crippen LogP contribution in [0.25, 0.3) is 0 Å². The number of hydrogen-bond donors (Lipinski definition) is 2. The van der Waals surface area contributed by atoms with Gasteiger partial charge in [-0.1, -0.05) is 32.0 Å². The number of carboxylic acid groups (broad SMARTS) is 1. The molecule has 0 aliphatic carbocycles. The summed E-state index contributed by atoms with van der Waals surface area (Å²) in [6.07, 6.45) is 1.87. The van der Waals surface area contributed by atoms with Crippen LogP contribution in [0.15, 0.2) is 11.6 Å². The van der Waals surface area contributed by atoms with Crippen LogP contribution in [0.3, 0.4) is 0 Å². The highest BCUT2D eigenvalue weighted by atomic mass is 35.5. The first-order valence-corrected chi connectivity index (χ1v) is 5.47. The van der Waals surface area contributed by atoms with Gasteiger partial charge in [0.1, 0.15) is 0 Å². The van der Waals surface area contributed by atoms with Crippen LogP contribution in [-0.2, 0) is 4.79 Å². The first kappa shape index (κ1) is 14.5. The minimum absolute atomic E-state index is 0.0546. The maximum atomic E-state index is 10.4. The van der Waals surface area contributed by atoms with E-state index < -0.39 is 5.97 Å².